The van der Waals surface area contributed by atoms with E-state index in [9.17, 15) is 21.0 Å². The SMILES string of the molecule is Cc1ccc2c(c1)C(=C(C#N)C#N)/C(=C\c1ccc3c(c1)C(C)(C)c1ccccc1N3c1ccccc1)C2=C(C#N)C#N. The first-order chi connectivity index (χ1) is 20.8. The van der Waals surface area contributed by atoms with Gasteiger partial charge in [-0.05, 0) is 76.7 Å². The van der Waals surface area contributed by atoms with Gasteiger partial charge in [-0.3, -0.25) is 0 Å². The molecule has 0 N–H and O–H groups in total. The van der Waals surface area contributed by atoms with Crippen molar-refractivity contribution < 1.29 is 0 Å². The van der Waals surface area contributed by atoms with E-state index in [-0.39, 0.29) is 16.6 Å². The van der Waals surface area contributed by atoms with E-state index in [1.807, 2.05) is 79.7 Å². The van der Waals surface area contributed by atoms with Gasteiger partial charge < -0.3 is 4.90 Å². The van der Waals surface area contributed by atoms with Crippen molar-refractivity contribution in [2.45, 2.75) is 26.2 Å². The highest BCUT2D eigenvalue weighted by Crippen LogP contribution is 2.53. The molecule has 0 saturated carbocycles. The second-order valence-electron chi connectivity index (χ2n) is 11.1. The van der Waals surface area contributed by atoms with Crippen LogP contribution in [0.1, 0.15) is 47.2 Å². The number of allylic oxidation sites excluding steroid dienone is 5. The lowest BCUT2D eigenvalue weighted by Gasteiger charge is -2.42. The fourth-order valence-electron chi connectivity index (χ4n) is 6.29. The highest BCUT2D eigenvalue weighted by Gasteiger charge is 2.37. The lowest BCUT2D eigenvalue weighted by Crippen LogP contribution is -2.30. The molecule has 0 amide bonds. The van der Waals surface area contributed by atoms with Gasteiger partial charge in [0.15, 0.2) is 0 Å². The molecule has 0 radical (unpaired) electrons. The van der Waals surface area contributed by atoms with E-state index >= 15 is 0 Å². The smallest absolute Gasteiger partial charge is 0.138 e. The van der Waals surface area contributed by atoms with Crippen molar-refractivity contribution in [3.63, 3.8) is 0 Å². The fraction of sp³-hybridized carbons (Fsp3) is 0.105. The van der Waals surface area contributed by atoms with Gasteiger partial charge in [0.05, 0.1) is 11.4 Å². The summed E-state index contributed by atoms with van der Waals surface area (Å²) in [4.78, 5) is 2.27. The average Bonchev–Trinajstić information content (AvgIpc) is 3.32. The Hall–Kier alpha value is -6.14. The predicted molar refractivity (Wildman–Crippen MR) is 169 cm³/mol. The zero-order valence-electron chi connectivity index (χ0n) is 24.0. The molecule has 43 heavy (non-hydrogen) atoms. The highest BCUT2D eigenvalue weighted by atomic mass is 15.2. The van der Waals surface area contributed by atoms with Gasteiger partial charge in [-0.15, -0.1) is 0 Å². The number of benzene rings is 4. The largest absolute Gasteiger partial charge is 0.310 e. The number of hydrogen-bond acceptors (Lipinski definition) is 5. The summed E-state index contributed by atoms with van der Waals surface area (Å²) in [6.07, 6.45) is 1.90. The van der Waals surface area contributed by atoms with Gasteiger partial charge >= 0.3 is 0 Å². The third-order valence-electron chi connectivity index (χ3n) is 8.28. The van der Waals surface area contributed by atoms with Crippen LogP contribution >= 0.6 is 0 Å². The summed E-state index contributed by atoms with van der Waals surface area (Å²) in [6.45, 7) is 6.35. The van der Waals surface area contributed by atoms with E-state index < -0.39 is 0 Å². The quantitative estimate of drug-likeness (QED) is 0.232. The number of hydrogen-bond donors (Lipinski definition) is 0. The van der Waals surface area contributed by atoms with Crippen LogP contribution in [0.25, 0.3) is 17.2 Å². The van der Waals surface area contributed by atoms with Crippen LogP contribution in [0, 0.1) is 52.2 Å². The lowest BCUT2D eigenvalue weighted by atomic mass is 9.73. The highest BCUT2D eigenvalue weighted by molar-refractivity contribution is 6.15. The summed E-state index contributed by atoms with van der Waals surface area (Å²) in [7, 11) is 0. The summed E-state index contributed by atoms with van der Waals surface area (Å²) >= 11 is 0. The zero-order chi connectivity index (χ0) is 30.3. The number of aryl methyl sites for hydroxylation is 1. The zero-order valence-corrected chi connectivity index (χ0v) is 24.0. The Morgan fingerprint density at radius 2 is 1.26 bits per heavy atom. The summed E-state index contributed by atoms with van der Waals surface area (Å²) in [5.41, 5.74) is 9.55. The van der Waals surface area contributed by atoms with E-state index in [2.05, 4.69) is 67.3 Å². The van der Waals surface area contributed by atoms with Crippen molar-refractivity contribution in [2.75, 3.05) is 4.90 Å². The molecule has 1 heterocycles. The van der Waals surface area contributed by atoms with Gasteiger partial charge in [-0.2, -0.15) is 21.0 Å². The molecule has 1 aliphatic heterocycles. The molecule has 4 aromatic rings. The molecule has 5 heteroatoms. The molecule has 2 aliphatic rings. The van der Waals surface area contributed by atoms with Gasteiger partial charge in [0, 0.05) is 22.2 Å². The van der Waals surface area contributed by atoms with Crippen LogP contribution in [-0.2, 0) is 5.41 Å². The third-order valence-corrected chi connectivity index (χ3v) is 8.28. The molecule has 0 fully saturated rings. The van der Waals surface area contributed by atoms with Gasteiger partial charge in [-0.25, -0.2) is 0 Å². The topological polar surface area (TPSA) is 98.4 Å². The molecule has 0 bridgehead atoms. The molecule has 4 aromatic carbocycles. The van der Waals surface area contributed by atoms with Crippen LogP contribution in [-0.4, -0.2) is 0 Å². The second kappa shape index (κ2) is 10.4. The number of nitrogens with zero attached hydrogens (tertiary/aromatic N) is 5. The third kappa shape index (κ3) is 4.21. The molecule has 5 nitrogen and oxygen atoms in total. The summed E-state index contributed by atoms with van der Waals surface area (Å²) < 4.78 is 0. The first kappa shape index (κ1) is 27.1. The molecule has 6 rings (SSSR count). The summed E-state index contributed by atoms with van der Waals surface area (Å²) in [5.74, 6) is 0. The van der Waals surface area contributed by atoms with Crippen LogP contribution in [0.3, 0.4) is 0 Å². The Balaban J connectivity index is 1.64. The summed E-state index contributed by atoms with van der Waals surface area (Å²) in [5, 5.41) is 39.8. The van der Waals surface area contributed by atoms with Crippen molar-refractivity contribution in [3.8, 4) is 24.3 Å². The number of anilines is 3. The van der Waals surface area contributed by atoms with E-state index in [1.165, 1.54) is 5.56 Å². The van der Waals surface area contributed by atoms with Gasteiger partial charge in [0.25, 0.3) is 0 Å². The molecule has 0 atom stereocenters. The van der Waals surface area contributed by atoms with E-state index in [4.69, 9.17) is 0 Å². The van der Waals surface area contributed by atoms with Crippen LogP contribution in [0.15, 0.2) is 108 Å². The normalized spacial score (nSPS) is 14.9. The Kier molecular flexibility index (Phi) is 6.52. The maximum Gasteiger partial charge on any atom is 0.138 e. The maximum atomic E-state index is 9.95. The minimum atomic E-state index is -0.340. The van der Waals surface area contributed by atoms with Crippen LogP contribution in [0.5, 0.6) is 0 Å². The second-order valence-corrected chi connectivity index (χ2v) is 11.1. The molecule has 202 valence electrons. The van der Waals surface area contributed by atoms with E-state index in [0.717, 1.165) is 33.8 Å². The molecule has 0 saturated heterocycles. The van der Waals surface area contributed by atoms with Gasteiger partial charge in [-0.1, -0.05) is 80.1 Å². The van der Waals surface area contributed by atoms with Crippen LogP contribution < -0.4 is 4.90 Å². The van der Waals surface area contributed by atoms with Gasteiger partial charge in [0.1, 0.15) is 35.4 Å². The number of para-hydroxylation sites is 2. The first-order valence-electron chi connectivity index (χ1n) is 13.9. The van der Waals surface area contributed by atoms with Crippen molar-refractivity contribution in [1.29, 1.82) is 21.0 Å². The maximum absolute atomic E-state index is 9.95. The monoisotopic (exact) mass is 551 g/mol. The Labute approximate surface area is 251 Å². The average molecular weight is 552 g/mol. The van der Waals surface area contributed by atoms with Crippen molar-refractivity contribution in [3.05, 3.63) is 141 Å². The minimum absolute atomic E-state index is 0.0641. The van der Waals surface area contributed by atoms with Crippen molar-refractivity contribution in [2.24, 2.45) is 0 Å². The Morgan fingerprint density at radius 1 is 0.651 bits per heavy atom. The molecule has 0 unspecified atom stereocenters. The standard InChI is InChI=1S/C38H25N5/c1-24-13-15-29-30(17-24)37(27(22-41)23-42)31(36(29)26(20-39)21-40)18-25-14-16-35-33(19-25)38(2,3)32-11-7-8-12-34(32)43(35)28-9-5-4-6-10-28/h4-19H,1-3H3/b31-18-. The van der Waals surface area contributed by atoms with Gasteiger partial charge in [0.2, 0.25) is 0 Å². The van der Waals surface area contributed by atoms with E-state index in [0.29, 0.717) is 27.8 Å². The van der Waals surface area contributed by atoms with Crippen LogP contribution in [0.2, 0.25) is 0 Å². The molecular weight excluding hydrogens is 526 g/mol. The number of fused-ring (bicyclic) bond motifs is 3. The lowest BCUT2D eigenvalue weighted by molar-refractivity contribution is 0.631. The number of nitriles is 4. The fourth-order valence-corrected chi connectivity index (χ4v) is 6.29. The molecule has 1 aliphatic carbocycles. The first-order valence-corrected chi connectivity index (χ1v) is 13.9. The van der Waals surface area contributed by atoms with Crippen molar-refractivity contribution >= 4 is 34.3 Å². The number of rotatable bonds is 2. The summed E-state index contributed by atoms with van der Waals surface area (Å²) in [6, 6.07) is 38.7. The Bertz CT molecular complexity index is 2070. The van der Waals surface area contributed by atoms with E-state index in [1.54, 1.807) is 0 Å². The molecule has 0 aromatic heterocycles. The van der Waals surface area contributed by atoms with Crippen molar-refractivity contribution in [1.82, 2.24) is 0 Å². The molecule has 0 spiro atoms. The van der Waals surface area contributed by atoms with Crippen LogP contribution in [0.4, 0.5) is 17.1 Å². The minimum Gasteiger partial charge on any atom is -0.310 e. The molecular formula is C38H25N5. The Morgan fingerprint density at radius 3 is 1.93 bits per heavy atom. The predicted octanol–water partition coefficient (Wildman–Crippen LogP) is 8.80.